The smallest absolute Gasteiger partial charge is 0.370 e. The fourth-order valence-electron chi connectivity index (χ4n) is 4.05. The van der Waals surface area contributed by atoms with Gasteiger partial charge in [-0.2, -0.15) is 26.3 Å². The molecule has 0 radical (unpaired) electrons. The van der Waals surface area contributed by atoms with E-state index in [9.17, 15) is 58.3 Å². The van der Waals surface area contributed by atoms with Crippen molar-refractivity contribution >= 4 is 34.8 Å². The van der Waals surface area contributed by atoms with Gasteiger partial charge in [-0.15, -0.1) is 0 Å². The number of carbonyl (C=O) groups is 3. The maximum Gasteiger partial charge on any atom is 0.389 e. The minimum atomic E-state index is -4.63. The summed E-state index contributed by atoms with van der Waals surface area (Å²) < 4.78 is 125. The zero-order chi connectivity index (χ0) is 33.4. The average molecular weight is 647 g/mol. The summed E-state index contributed by atoms with van der Waals surface area (Å²) in [5, 5.41) is 4.57. The van der Waals surface area contributed by atoms with E-state index >= 15 is 0 Å². The Morgan fingerprint density at radius 3 is 2.14 bits per heavy atom. The van der Waals surface area contributed by atoms with E-state index in [0.29, 0.717) is 0 Å². The molecule has 2 atom stereocenters. The van der Waals surface area contributed by atoms with Crippen molar-refractivity contribution in [2.75, 3.05) is 16.8 Å². The minimum Gasteiger partial charge on any atom is -0.370 e. The summed E-state index contributed by atoms with van der Waals surface area (Å²) in [6.45, 7) is 0.631. The number of fused-ring (bicyclic) bond motifs is 1. The van der Waals surface area contributed by atoms with Crippen LogP contribution in [0, 0.1) is 5.92 Å². The maximum absolute atomic E-state index is 13.8. The first-order chi connectivity index (χ1) is 20.3. The van der Waals surface area contributed by atoms with Crippen molar-refractivity contribution in [3.05, 3.63) is 53.6 Å². The number of nitrogens with zero attached hydrogens (tertiary/aromatic N) is 1. The second-order valence-electron chi connectivity index (χ2n) is 9.59. The number of primary amides is 1. The lowest BCUT2D eigenvalue weighted by Gasteiger charge is -2.28. The molecule has 0 bridgehead atoms. The van der Waals surface area contributed by atoms with Gasteiger partial charge >= 0.3 is 12.4 Å². The molecule has 0 saturated heterocycles. The summed E-state index contributed by atoms with van der Waals surface area (Å²) in [6.07, 6.45) is -18.1. The summed E-state index contributed by atoms with van der Waals surface area (Å²) in [6, 6.07) is 7.06. The van der Waals surface area contributed by atoms with E-state index < -0.39 is 98.2 Å². The van der Waals surface area contributed by atoms with E-state index in [1.807, 2.05) is 0 Å². The average Bonchev–Trinajstić information content (AvgIpc) is 3.06. The van der Waals surface area contributed by atoms with Gasteiger partial charge in [0.1, 0.15) is 6.04 Å². The first-order valence-corrected chi connectivity index (χ1v) is 12.9. The first kappa shape index (κ1) is 36.1. The van der Waals surface area contributed by atoms with E-state index in [-0.39, 0.29) is 17.1 Å². The molecule has 3 rings (SSSR count). The molecule has 0 fully saturated rings. The fourth-order valence-corrected chi connectivity index (χ4v) is 4.05. The zero-order valence-corrected chi connectivity index (χ0v) is 22.9. The highest BCUT2D eigenvalue weighted by Gasteiger charge is 2.36. The summed E-state index contributed by atoms with van der Waals surface area (Å²) >= 11 is 0. The number of alkyl halides is 10. The molecule has 244 valence electrons. The summed E-state index contributed by atoms with van der Waals surface area (Å²) in [7, 11) is 0. The van der Waals surface area contributed by atoms with Gasteiger partial charge in [-0.3, -0.25) is 14.4 Å². The quantitative estimate of drug-likeness (QED) is 0.257. The molecule has 1 aliphatic rings. The second kappa shape index (κ2) is 15.1. The minimum absolute atomic E-state index is 0.0186. The molecule has 1 heterocycles. The van der Waals surface area contributed by atoms with Crippen molar-refractivity contribution in [3.63, 3.8) is 0 Å². The van der Waals surface area contributed by atoms with Crippen LogP contribution in [0.25, 0.3) is 0 Å². The van der Waals surface area contributed by atoms with Gasteiger partial charge in [0.15, 0.2) is 0 Å². The molecule has 17 heteroatoms. The van der Waals surface area contributed by atoms with E-state index in [1.165, 1.54) is 29.2 Å². The number of benzene rings is 2. The summed E-state index contributed by atoms with van der Waals surface area (Å²) in [5.41, 5.74) is 3.88. The number of nitrogens with one attached hydrogen (secondary N) is 2. The van der Waals surface area contributed by atoms with Crippen LogP contribution in [0.15, 0.2) is 42.5 Å². The van der Waals surface area contributed by atoms with E-state index in [2.05, 4.69) is 10.6 Å². The number of rotatable bonds is 9. The van der Waals surface area contributed by atoms with E-state index in [4.69, 9.17) is 5.73 Å². The van der Waals surface area contributed by atoms with Gasteiger partial charge in [0.2, 0.25) is 17.7 Å². The molecule has 2 aromatic carbocycles. The number of para-hydroxylation sites is 1. The van der Waals surface area contributed by atoms with Crippen LogP contribution >= 0.6 is 0 Å². The van der Waals surface area contributed by atoms with Crippen LogP contribution < -0.4 is 21.3 Å². The van der Waals surface area contributed by atoms with Gasteiger partial charge < -0.3 is 21.3 Å². The molecular weight excluding hydrogens is 618 g/mol. The number of nitrogens with two attached hydrogens (primary N) is 1. The molecular formula is C27H28F10N4O3. The Balaban J connectivity index is 0.00000102. The number of halogens is 10. The predicted octanol–water partition coefficient (Wildman–Crippen LogP) is 6.93. The van der Waals surface area contributed by atoms with Crippen LogP contribution in [0.3, 0.4) is 0 Å². The molecule has 0 saturated carbocycles. The molecule has 2 aromatic rings. The number of hydrogen-bond donors (Lipinski definition) is 3. The van der Waals surface area contributed by atoms with Crippen molar-refractivity contribution in [3.8, 4) is 0 Å². The Morgan fingerprint density at radius 1 is 1.00 bits per heavy atom. The third-order valence-electron chi connectivity index (χ3n) is 6.28. The van der Waals surface area contributed by atoms with Crippen molar-refractivity contribution in [1.82, 2.24) is 5.32 Å². The largest absolute Gasteiger partial charge is 0.389 e. The Hall–Kier alpha value is -4.05. The molecule has 2 unspecified atom stereocenters. The second-order valence-corrected chi connectivity index (χ2v) is 9.59. The Morgan fingerprint density at radius 2 is 1.61 bits per heavy atom. The van der Waals surface area contributed by atoms with Gasteiger partial charge in [0.05, 0.1) is 17.9 Å². The predicted molar refractivity (Wildman–Crippen MR) is 139 cm³/mol. The number of anilines is 3. The van der Waals surface area contributed by atoms with Gasteiger partial charge in [0, 0.05) is 42.0 Å². The van der Waals surface area contributed by atoms with Crippen LogP contribution in [-0.2, 0) is 14.4 Å². The molecule has 3 amide bonds. The monoisotopic (exact) mass is 646 g/mol. The lowest BCUT2D eigenvalue weighted by molar-refractivity contribution is -0.143. The third-order valence-corrected chi connectivity index (χ3v) is 6.28. The van der Waals surface area contributed by atoms with Crippen molar-refractivity contribution < 1.29 is 58.3 Å². The summed E-state index contributed by atoms with van der Waals surface area (Å²) in [5.74, 6) is -4.64. The number of hydrogen-bond acceptors (Lipinski definition) is 4. The van der Waals surface area contributed by atoms with Crippen LogP contribution in [0.1, 0.15) is 56.6 Å². The topological polar surface area (TPSA) is 105 Å². The van der Waals surface area contributed by atoms with Crippen LogP contribution in [0.5, 0.6) is 0 Å². The Labute approximate surface area is 244 Å². The van der Waals surface area contributed by atoms with E-state index in [1.54, 1.807) is 0 Å². The van der Waals surface area contributed by atoms with E-state index in [0.717, 1.165) is 25.1 Å². The zero-order valence-electron chi connectivity index (χ0n) is 22.9. The Bertz CT molecular complexity index is 1300. The highest BCUT2D eigenvalue weighted by Crippen LogP contribution is 2.41. The van der Waals surface area contributed by atoms with Crippen LogP contribution in [0.4, 0.5) is 61.0 Å². The fraction of sp³-hybridized carbons (Fsp3) is 0.444. The molecule has 4 N–H and O–H groups in total. The van der Waals surface area contributed by atoms with Crippen molar-refractivity contribution in [2.45, 2.75) is 63.9 Å². The maximum atomic E-state index is 13.8. The van der Waals surface area contributed by atoms with Crippen molar-refractivity contribution in [2.24, 2.45) is 11.7 Å². The lowest BCUT2D eigenvalue weighted by Crippen LogP contribution is -2.50. The molecule has 0 spiro atoms. The van der Waals surface area contributed by atoms with Gasteiger partial charge in [-0.25, -0.2) is 17.6 Å². The van der Waals surface area contributed by atoms with Crippen LogP contribution in [-0.4, -0.2) is 42.7 Å². The molecule has 1 aliphatic heterocycles. The highest BCUT2D eigenvalue weighted by molar-refractivity contribution is 6.03. The summed E-state index contributed by atoms with van der Waals surface area (Å²) in [4.78, 5) is 38.5. The van der Waals surface area contributed by atoms with Crippen LogP contribution in [0.2, 0.25) is 0 Å². The number of amides is 3. The molecule has 0 aliphatic carbocycles. The Kier molecular flexibility index (Phi) is 12.4. The molecule has 7 nitrogen and oxygen atoms in total. The van der Waals surface area contributed by atoms with Gasteiger partial charge in [0.25, 0.3) is 12.9 Å². The van der Waals surface area contributed by atoms with Crippen molar-refractivity contribution in [1.29, 1.82) is 0 Å². The molecule has 0 aromatic heterocycles. The first-order valence-electron chi connectivity index (χ1n) is 12.9. The molecule has 44 heavy (non-hydrogen) atoms. The van der Waals surface area contributed by atoms with Gasteiger partial charge in [-0.1, -0.05) is 31.2 Å². The third kappa shape index (κ3) is 10.9. The highest BCUT2D eigenvalue weighted by atomic mass is 19.4. The number of carbonyl (C=O) groups excluding carboxylic acids is 3. The van der Waals surface area contributed by atoms with Gasteiger partial charge in [-0.05, 0) is 24.6 Å². The standard InChI is InChI=1S/C24H23F7N4O3.C3H5F3/c25-20(26)12-3-1-4-14(9-12)35-11-16(23(38)34-19-15(21(27)28)5-2-6-17(19)35)33-22(37)13(10-18(32)36)7-8-24(29,30)31;1-2-3(4,5)6/h1-6,9,13,16,20-21H,7-8,10-11H2,(H2,32,36)(H,33,37)(H,34,38);2H2,1H3. The SMILES string of the molecule is CCC(F)(F)F.NC(=O)CC(CCC(F)(F)F)C(=O)NC1CN(c2cccc(C(F)F)c2)c2cccc(C(F)F)c2NC1=O. The normalized spacial score (nSPS) is 16.0. The lowest BCUT2D eigenvalue weighted by atomic mass is 9.97.